The number of fused-ring (bicyclic) bond motifs is 3. The second-order valence-electron chi connectivity index (χ2n) is 15.5. The van der Waals surface area contributed by atoms with E-state index in [-0.39, 0.29) is 0 Å². The predicted molar refractivity (Wildman–Crippen MR) is 255 cm³/mol. The molecule has 11 aromatic rings. The fourth-order valence-electron chi connectivity index (χ4n) is 8.52. The Morgan fingerprint density at radius 2 is 0.774 bits per heavy atom. The molecule has 0 spiro atoms. The van der Waals surface area contributed by atoms with Gasteiger partial charge in [-0.25, -0.2) is 19.9 Å². The molecule has 5 heteroatoms. The Balaban J connectivity index is 1.20. The lowest BCUT2D eigenvalue weighted by atomic mass is 9.99. The zero-order valence-corrected chi connectivity index (χ0v) is 34.0. The van der Waals surface area contributed by atoms with E-state index in [9.17, 15) is 0 Å². The molecule has 0 unspecified atom stereocenters. The Bertz CT molecular complexity index is 3280. The van der Waals surface area contributed by atoms with Gasteiger partial charge in [0.2, 0.25) is 0 Å². The van der Waals surface area contributed by atoms with Gasteiger partial charge in [0.15, 0.2) is 11.6 Å². The lowest BCUT2D eigenvalue weighted by Gasteiger charge is -2.17. The maximum atomic E-state index is 5.40. The number of aromatic nitrogens is 5. The van der Waals surface area contributed by atoms with E-state index in [1.165, 1.54) is 27.5 Å². The zero-order valence-electron chi connectivity index (χ0n) is 34.0. The number of para-hydroxylation sites is 1. The average Bonchev–Trinajstić information content (AvgIpc) is 3.68. The number of hydrogen-bond donors (Lipinski definition) is 0. The summed E-state index contributed by atoms with van der Waals surface area (Å²) in [4.78, 5) is 21.1. The summed E-state index contributed by atoms with van der Waals surface area (Å²) in [5.74, 6) is 1.28. The molecule has 0 fully saturated rings. The van der Waals surface area contributed by atoms with Crippen LogP contribution < -0.4 is 0 Å². The lowest BCUT2D eigenvalue weighted by Crippen LogP contribution is -2.03. The highest BCUT2D eigenvalue weighted by atomic mass is 15.0. The van der Waals surface area contributed by atoms with Crippen molar-refractivity contribution in [2.45, 2.75) is 6.92 Å². The average molecular weight is 794 g/mol. The monoisotopic (exact) mass is 793 g/mol. The normalized spacial score (nSPS) is 11.3. The van der Waals surface area contributed by atoms with Crippen molar-refractivity contribution in [2.75, 3.05) is 0 Å². The number of rotatable bonds is 8. The second kappa shape index (κ2) is 15.7. The smallest absolute Gasteiger partial charge is 0.162 e. The van der Waals surface area contributed by atoms with Gasteiger partial charge in [0.05, 0.1) is 39.5 Å². The standard InChI is InChI=1S/C57H39N5/c1-38-18-14-15-27-45(38)43-30-32-54-47(34-43)46-28-16-17-29-53(46)62(54)55-33-31-44(52-37-49(39-19-6-2-7-20-39)58-56(59-52)42-25-12-5-13-26-42)35-48(55)57-60-50(40-21-8-3-9-22-40)36-51(61-57)41-23-10-4-11-24-41/h2-37H,1H3. The largest absolute Gasteiger partial charge is 0.309 e. The molecule has 8 aromatic carbocycles. The van der Waals surface area contributed by atoms with Crippen LogP contribution >= 0.6 is 0 Å². The predicted octanol–water partition coefficient (Wildman–Crippen LogP) is 14.3. The van der Waals surface area contributed by atoms with E-state index in [4.69, 9.17) is 19.9 Å². The highest BCUT2D eigenvalue weighted by molar-refractivity contribution is 6.11. The van der Waals surface area contributed by atoms with E-state index >= 15 is 0 Å². The molecular formula is C57H39N5. The Morgan fingerprint density at radius 1 is 0.306 bits per heavy atom. The summed E-state index contributed by atoms with van der Waals surface area (Å²) in [5, 5.41) is 2.35. The van der Waals surface area contributed by atoms with Gasteiger partial charge in [-0.1, -0.05) is 176 Å². The SMILES string of the molecule is Cc1ccccc1-c1ccc2c(c1)c1ccccc1n2-c1ccc(-c2cc(-c3ccccc3)nc(-c3ccccc3)n2)cc1-c1nc(-c2ccccc2)cc(-c2ccccc2)n1. The fraction of sp³-hybridized carbons (Fsp3) is 0.0175. The van der Waals surface area contributed by atoms with E-state index in [1.807, 2.05) is 48.5 Å². The number of benzene rings is 8. The number of hydrogen-bond acceptors (Lipinski definition) is 4. The lowest BCUT2D eigenvalue weighted by molar-refractivity contribution is 1.13. The van der Waals surface area contributed by atoms with Crippen LogP contribution in [0.1, 0.15) is 5.56 Å². The molecular weight excluding hydrogens is 755 g/mol. The van der Waals surface area contributed by atoms with Gasteiger partial charge in [-0.15, -0.1) is 0 Å². The van der Waals surface area contributed by atoms with Crippen LogP contribution in [-0.4, -0.2) is 24.5 Å². The van der Waals surface area contributed by atoms with Crippen molar-refractivity contribution in [3.8, 4) is 84.6 Å². The zero-order chi connectivity index (χ0) is 41.4. The minimum atomic E-state index is 0.616. The summed E-state index contributed by atoms with van der Waals surface area (Å²) in [6.45, 7) is 2.17. The van der Waals surface area contributed by atoms with Crippen molar-refractivity contribution in [2.24, 2.45) is 0 Å². The highest BCUT2D eigenvalue weighted by Crippen LogP contribution is 2.40. The van der Waals surface area contributed by atoms with Gasteiger partial charge >= 0.3 is 0 Å². The quantitative estimate of drug-likeness (QED) is 0.154. The molecule has 0 aliphatic carbocycles. The molecule has 292 valence electrons. The van der Waals surface area contributed by atoms with Gasteiger partial charge in [0.1, 0.15) is 0 Å². The summed E-state index contributed by atoms with van der Waals surface area (Å²) < 4.78 is 2.37. The molecule has 0 atom stereocenters. The van der Waals surface area contributed by atoms with Crippen LogP contribution in [0.4, 0.5) is 0 Å². The van der Waals surface area contributed by atoms with E-state index in [1.54, 1.807) is 0 Å². The molecule has 3 aromatic heterocycles. The van der Waals surface area contributed by atoms with Crippen LogP contribution in [0.2, 0.25) is 0 Å². The van der Waals surface area contributed by atoms with Crippen molar-refractivity contribution in [1.29, 1.82) is 0 Å². The maximum Gasteiger partial charge on any atom is 0.162 e. The molecule has 3 heterocycles. The van der Waals surface area contributed by atoms with E-state index in [0.717, 1.165) is 72.9 Å². The van der Waals surface area contributed by atoms with Gasteiger partial charge in [-0.2, -0.15) is 0 Å². The molecule has 0 bridgehead atoms. The third-order valence-corrected chi connectivity index (χ3v) is 11.6. The summed E-state index contributed by atoms with van der Waals surface area (Å²) in [6.07, 6.45) is 0. The first kappa shape index (κ1) is 36.8. The van der Waals surface area contributed by atoms with Crippen LogP contribution in [0.25, 0.3) is 106 Å². The Labute approximate surface area is 360 Å². The minimum absolute atomic E-state index is 0.616. The molecule has 0 saturated carbocycles. The van der Waals surface area contributed by atoms with E-state index < -0.39 is 0 Å². The summed E-state index contributed by atoms with van der Waals surface area (Å²) in [6, 6.07) is 76.1. The van der Waals surface area contributed by atoms with Crippen LogP contribution in [0.15, 0.2) is 218 Å². The molecule has 0 saturated heterocycles. The molecule has 0 amide bonds. The van der Waals surface area contributed by atoms with Gasteiger partial charge < -0.3 is 4.57 Å². The number of nitrogens with zero attached hydrogens (tertiary/aromatic N) is 5. The van der Waals surface area contributed by atoms with Crippen LogP contribution in [0, 0.1) is 6.92 Å². The Morgan fingerprint density at radius 3 is 1.37 bits per heavy atom. The van der Waals surface area contributed by atoms with Crippen LogP contribution in [-0.2, 0) is 0 Å². The third kappa shape index (κ3) is 6.82. The minimum Gasteiger partial charge on any atom is -0.309 e. The first-order chi connectivity index (χ1) is 30.6. The topological polar surface area (TPSA) is 56.5 Å². The highest BCUT2D eigenvalue weighted by Gasteiger charge is 2.21. The molecule has 0 radical (unpaired) electrons. The van der Waals surface area contributed by atoms with Crippen molar-refractivity contribution in [3.05, 3.63) is 224 Å². The van der Waals surface area contributed by atoms with Crippen molar-refractivity contribution < 1.29 is 0 Å². The van der Waals surface area contributed by atoms with Crippen molar-refractivity contribution in [3.63, 3.8) is 0 Å². The second-order valence-corrected chi connectivity index (χ2v) is 15.5. The van der Waals surface area contributed by atoms with Crippen LogP contribution in [0.5, 0.6) is 0 Å². The Hall–Kier alpha value is -8.28. The van der Waals surface area contributed by atoms with Gasteiger partial charge in [0, 0.05) is 44.2 Å². The van der Waals surface area contributed by atoms with Crippen molar-refractivity contribution >= 4 is 21.8 Å². The first-order valence-electron chi connectivity index (χ1n) is 20.9. The van der Waals surface area contributed by atoms with Gasteiger partial charge in [0.25, 0.3) is 0 Å². The molecule has 0 aliphatic heterocycles. The summed E-state index contributed by atoms with van der Waals surface area (Å²) in [7, 11) is 0. The maximum absolute atomic E-state index is 5.40. The van der Waals surface area contributed by atoms with Gasteiger partial charge in [-0.05, 0) is 66.1 Å². The van der Waals surface area contributed by atoms with Crippen molar-refractivity contribution in [1.82, 2.24) is 24.5 Å². The van der Waals surface area contributed by atoms with Crippen LogP contribution in [0.3, 0.4) is 0 Å². The summed E-state index contributed by atoms with van der Waals surface area (Å²) >= 11 is 0. The molecule has 0 aliphatic rings. The summed E-state index contributed by atoms with van der Waals surface area (Å²) in [5.41, 5.74) is 16.0. The first-order valence-corrected chi connectivity index (χ1v) is 20.9. The molecule has 62 heavy (non-hydrogen) atoms. The van der Waals surface area contributed by atoms with E-state index in [2.05, 4.69) is 181 Å². The van der Waals surface area contributed by atoms with Gasteiger partial charge in [-0.3, -0.25) is 0 Å². The molecule has 11 rings (SSSR count). The fourth-order valence-corrected chi connectivity index (χ4v) is 8.52. The number of aryl methyl sites for hydroxylation is 1. The Kier molecular flexibility index (Phi) is 9.32. The third-order valence-electron chi connectivity index (χ3n) is 11.6. The molecule has 5 nitrogen and oxygen atoms in total. The molecule has 0 N–H and O–H groups in total. The van der Waals surface area contributed by atoms with E-state index in [0.29, 0.717) is 11.6 Å².